The normalized spacial score (nSPS) is 34.8. The molecule has 3 heterocycles. The quantitative estimate of drug-likeness (QED) is 0.148. The third-order valence-corrected chi connectivity index (χ3v) is 10.1. The maximum absolute atomic E-state index is 13.1. The van der Waals surface area contributed by atoms with Crippen LogP contribution in [0.2, 0.25) is 0 Å². The summed E-state index contributed by atoms with van der Waals surface area (Å²) >= 11 is 0. The molecule has 0 amide bonds. The first-order valence-electron chi connectivity index (χ1n) is 18.6. The lowest BCUT2D eigenvalue weighted by Crippen LogP contribution is -2.53. The van der Waals surface area contributed by atoms with Gasteiger partial charge in [-0.05, 0) is 56.9 Å². The summed E-state index contributed by atoms with van der Waals surface area (Å²) in [7, 11) is 0. The van der Waals surface area contributed by atoms with Crippen molar-refractivity contribution in [3.8, 4) is 0 Å². The van der Waals surface area contributed by atoms with Gasteiger partial charge in [-0.25, -0.2) is 9.59 Å². The molecule has 0 aromatic rings. The number of carbonyl (C=O) groups excluding carboxylic acids is 2. The van der Waals surface area contributed by atoms with Crippen molar-refractivity contribution < 1.29 is 43.9 Å². The van der Waals surface area contributed by atoms with E-state index in [2.05, 4.69) is 32.6 Å². The van der Waals surface area contributed by atoms with Gasteiger partial charge < -0.3 is 34.3 Å². The smallest absolute Gasteiger partial charge is 0.335 e. The predicted molar refractivity (Wildman–Crippen MR) is 200 cm³/mol. The number of allylic oxidation sites excluding steroid dienone is 6. The molecule has 3 rings (SSSR count). The van der Waals surface area contributed by atoms with Crippen LogP contribution < -0.4 is 0 Å². The monoisotopic (exact) mass is 710 g/mol. The summed E-state index contributed by atoms with van der Waals surface area (Å²) in [4.78, 5) is 25.4. The highest BCUT2D eigenvalue weighted by Crippen LogP contribution is 2.43. The van der Waals surface area contributed by atoms with Crippen LogP contribution in [0.3, 0.4) is 0 Å². The first-order chi connectivity index (χ1) is 24.3. The van der Waals surface area contributed by atoms with Gasteiger partial charge in [0.15, 0.2) is 6.10 Å². The minimum absolute atomic E-state index is 0.0200. The Hall–Kier alpha value is -3.08. The van der Waals surface area contributed by atoms with Crippen LogP contribution >= 0.6 is 0 Å². The highest BCUT2D eigenvalue weighted by atomic mass is 16.6. The summed E-state index contributed by atoms with van der Waals surface area (Å²) in [5.41, 5.74) is 1.17. The molecule has 0 aromatic heterocycles. The van der Waals surface area contributed by atoms with Gasteiger partial charge in [-0.15, -0.1) is 0 Å². The van der Waals surface area contributed by atoms with Crippen molar-refractivity contribution >= 4 is 11.9 Å². The zero-order chi connectivity index (χ0) is 37.4. The number of carbonyl (C=O) groups is 2. The summed E-state index contributed by atoms with van der Waals surface area (Å²) in [6.45, 7) is 14.2. The van der Waals surface area contributed by atoms with E-state index in [1.807, 2.05) is 51.2 Å². The topological polar surface area (TPSA) is 132 Å². The van der Waals surface area contributed by atoms with Crippen molar-refractivity contribution in [1.29, 1.82) is 0 Å². The molecule has 9 nitrogen and oxygen atoms in total. The van der Waals surface area contributed by atoms with E-state index in [0.717, 1.165) is 24.0 Å². The summed E-state index contributed by atoms with van der Waals surface area (Å²) in [5, 5.41) is 31.2. The number of hydrogen-bond donors (Lipinski definition) is 3. The van der Waals surface area contributed by atoms with E-state index >= 15 is 0 Å². The first-order valence-corrected chi connectivity index (χ1v) is 18.6. The molecule has 3 aliphatic rings. The second-order valence-electron chi connectivity index (χ2n) is 14.9. The molecule has 0 spiro atoms. The predicted octanol–water partition coefficient (Wildman–Crippen LogP) is 6.80. The van der Waals surface area contributed by atoms with Crippen molar-refractivity contribution in [2.24, 2.45) is 17.3 Å². The fourth-order valence-corrected chi connectivity index (χ4v) is 6.63. The summed E-state index contributed by atoms with van der Waals surface area (Å²) in [5.74, 6) is -0.671. The lowest BCUT2D eigenvalue weighted by atomic mass is 9.71. The molecule has 0 aliphatic carbocycles. The molecule has 0 radical (unpaired) electrons. The minimum atomic E-state index is -1.30. The molecule has 284 valence electrons. The van der Waals surface area contributed by atoms with Crippen molar-refractivity contribution in [1.82, 2.24) is 0 Å². The average Bonchev–Trinajstić information content (AvgIpc) is 3.07. The molecular weight excluding hydrogens is 648 g/mol. The van der Waals surface area contributed by atoms with Gasteiger partial charge in [-0.1, -0.05) is 101 Å². The fraction of sp³-hybridized carbons (Fsp3) is 0.619. The van der Waals surface area contributed by atoms with Crippen LogP contribution in [0.1, 0.15) is 92.4 Å². The summed E-state index contributed by atoms with van der Waals surface area (Å²) in [6.07, 6.45) is 21.9. The van der Waals surface area contributed by atoms with Crippen LogP contribution in [0, 0.1) is 17.3 Å². The molecule has 3 aliphatic heterocycles. The zero-order valence-corrected chi connectivity index (χ0v) is 31.3. The largest absolute Gasteiger partial charge is 0.459 e. The Bertz CT molecular complexity index is 1310. The van der Waals surface area contributed by atoms with E-state index in [-0.39, 0.29) is 43.9 Å². The van der Waals surface area contributed by atoms with Crippen molar-refractivity contribution in [2.45, 2.75) is 135 Å². The number of fused-ring (bicyclic) bond motifs is 4. The number of ether oxygens (including phenoxy) is 4. The molecule has 0 saturated carbocycles. The van der Waals surface area contributed by atoms with E-state index in [9.17, 15) is 24.9 Å². The van der Waals surface area contributed by atoms with Gasteiger partial charge in [0, 0.05) is 43.3 Å². The Morgan fingerprint density at radius 1 is 1.14 bits per heavy atom. The lowest BCUT2D eigenvalue weighted by Gasteiger charge is -2.48. The highest BCUT2D eigenvalue weighted by molar-refractivity contribution is 5.82. The molecular formula is C42H62O9. The molecule has 0 unspecified atom stereocenters. The lowest BCUT2D eigenvalue weighted by molar-refractivity contribution is -0.193. The first kappa shape index (κ1) is 42.3. The number of hydrogen-bond acceptors (Lipinski definition) is 9. The third kappa shape index (κ3) is 14.1. The second kappa shape index (κ2) is 21.4. The van der Waals surface area contributed by atoms with Crippen molar-refractivity contribution in [2.75, 3.05) is 13.2 Å². The zero-order valence-electron chi connectivity index (χ0n) is 31.3. The van der Waals surface area contributed by atoms with E-state index < -0.39 is 41.8 Å². The van der Waals surface area contributed by atoms with E-state index in [1.165, 1.54) is 6.08 Å². The number of aliphatic hydroxyl groups excluding tert-OH is 3. The summed E-state index contributed by atoms with van der Waals surface area (Å²) in [6, 6.07) is 0. The standard InChI is InChI=1S/C42H62O9/c1-29(2)21-22-31(4)28-48-41(47)35(44)18-13-14-19-38-42(6,23-24-43)39-27-34(50-38)17-10-7-9-15-30(3)25-37-32(5)36(45)26-33(49-37)16-11-8-12-20-40(46)51-39/h8-15,17,20,25,29,32-39,43-45H,4,7,16,18-19,21-24,26-28H2,1-3,5-6H3/b11-8+,14-13-,15-9+,17-10+,20-12+,30-25-/t32-,33+,34-,35-,36+,37-,38+,39-,42+/m1/s1. The molecule has 2 fully saturated rings. The van der Waals surface area contributed by atoms with Gasteiger partial charge in [-0.3, -0.25) is 0 Å². The molecule has 9 atom stereocenters. The minimum Gasteiger partial charge on any atom is -0.459 e. The number of esters is 2. The van der Waals surface area contributed by atoms with E-state index in [0.29, 0.717) is 44.4 Å². The second-order valence-corrected chi connectivity index (χ2v) is 14.9. The van der Waals surface area contributed by atoms with Gasteiger partial charge in [-0.2, -0.15) is 0 Å². The van der Waals surface area contributed by atoms with Gasteiger partial charge in [0.1, 0.15) is 12.7 Å². The number of rotatable bonds is 12. The van der Waals surface area contributed by atoms with Gasteiger partial charge in [0.05, 0.1) is 30.5 Å². The van der Waals surface area contributed by atoms with Crippen molar-refractivity contribution in [3.63, 3.8) is 0 Å². The Labute approximate surface area is 305 Å². The molecule has 51 heavy (non-hydrogen) atoms. The Morgan fingerprint density at radius 3 is 2.67 bits per heavy atom. The van der Waals surface area contributed by atoms with Crippen molar-refractivity contribution in [3.05, 3.63) is 84.6 Å². The Morgan fingerprint density at radius 2 is 1.92 bits per heavy atom. The van der Waals surface area contributed by atoms with Crippen LogP contribution in [0.15, 0.2) is 84.6 Å². The van der Waals surface area contributed by atoms with Gasteiger partial charge >= 0.3 is 11.9 Å². The summed E-state index contributed by atoms with van der Waals surface area (Å²) < 4.78 is 24.2. The number of aliphatic hydroxyl groups is 3. The van der Waals surface area contributed by atoms with E-state index in [1.54, 1.807) is 18.2 Å². The Kier molecular flexibility index (Phi) is 17.8. The average molecular weight is 711 g/mol. The van der Waals surface area contributed by atoms with E-state index in [4.69, 9.17) is 18.9 Å². The van der Waals surface area contributed by atoms with Crippen LogP contribution in [-0.2, 0) is 28.5 Å². The van der Waals surface area contributed by atoms with Crippen LogP contribution in [0.4, 0.5) is 0 Å². The SMILES string of the molecule is C=C(CCC(C)C)COC(=O)[C@H](O)C/C=C\C[C@@H]1O[C@@H]2/C=C/C/C=C/C(C)=C\[C@H]3O[C@@H](C/C=C/C=C/C(=O)O[C@H](C2)[C@@]1(C)CCO)C[C@H](O)[C@H]3C. The molecule has 9 heteroatoms. The van der Waals surface area contributed by atoms with Crippen LogP contribution in [-0.4, -0.2) is 83.2 Å². The molecule has 4 bridgehead atoms. The highest BCUT2D eigenvalue weighted by Gasteiger charge is 2.48. The maximum atomic E-state index is 13.1. The van der Waals surface area contributed by atoms with Gasteiger partial charge in [0.2, 0.25) is 0 Å². The molecule has 0 aromatic carbocycles. The molecule has 3 N–H and O–H groups in total. The fourth-order valence-electron chi connectivity index (χ4n) is 6.63. The Balaban J connectivity index is 1.74. The van der Waals surface area contributed by atoms with Gasteiger partial charge in [0.25, 0.3) is 0 Å². The molecule has 2 saturated heterocycles. The third-order valence-electron chi connectivity index (χ3n) is 10.1. The van der Waals surface area contributed by atoms with Crippen LogP contribution in [0.25, 0.3) is 0 Å². The maximum Gasteiger partial charge on any atom is 0.335 e. The van der Waals surface area contributed by atoms with Crippen LogP contribution in [0.5, 0.6) is 0 Å².